The van der Waals surface area contributed by atoms with Crippen LogP contribution in [0.3, 0.4) is 0 Å². The van der Waals surface area contributed by atoms with Gasteiger partial charge in [-0.1, -0.05) is 37.3 Å². The fourth-order valence-corrected chi connectivity index (χ4v) is 1.85. The second-order valence-corrected chi connectivity index (χ2v) is 4.24. The molecule has 0 fully saturated rings. The van der Waals surface area contributed by atoms with Gasteiger partial charge in [-0.3, -0.25) is 4.90 Å². The van der Waals surface area contributed by atoms with E-state index in [1.165, 1.54) is 5.56 Å². The van der Waals surface area contributed by atoms with Gasteiger partial charge in [0, 0.05) is 26.7 Å². The van der Waals surface area contributed by atoms with Crippen LogP contribution in [0.2, 0.25) is 0 Å². The minimum Gasteiger partial charge on any atom is -0.380 e. The quantitative estimate of drug-likeness (QED) is 0.749. The number of benzene rings is 1. The third kappa shape index (κ3) is 5.31. The number of nitrogens with zero attached hydrogens (tertiary/aromatic N) is 1. The molecule has 17 heavy (non-hydrogen) atoms. The molecule has 0 spiro atoms. The van der Waals surface area contributed by atoms with Crippen LogP contribution in [0.25, 0.3) is 0 Å². The third-order valence-corrected chi connectivity index (χ3v) is 3.06. The average Bonchev–Trinajstić information content (AvgIpc) is 2.39. The highest BCUT2D eigenvalue weighted by molar-refractivity contribution is 5.14. The van der Waals surface area contributed by atoms with Gasteiger partial charge in [0.05, 0.1) is 6.10 Å². The zero-order valence-electron chi connectivity index (χ0n) is 10.9. The molecule has 0 aromatic heterocycles. The molecular formula is C14H24N2O. The zero-order valence-corrected chi connectivity index (χ0v) is 10.9. The average molecular weight is 236 g/mol. The van der Waals surface area contributed by atoms with Gasteiger partial charge in [-0.15, -0.1) is 0 Å². The molecule has 0 aliphatic carbocycles. The second-order valence-electron chi connectivity index (χ2n) is 4.24. The topological polar surface area (TPSA) is 38.5 Å². The van der Waals surface area contributed by atoms with E-state index < -0.39 is 0 Å². The lowest BCUT2D eigenvalue weighted by Gasteiger charge is -2.22. The van der Waals surface area contributed by atoms with Gasteiger partial charge in [-0.25, -0.2) is 0 Å². The van der Waals surface area contributed by atoms with Crippen molar-refractivity contribution in [3.8, 4) is 0 Å². The summed E-state index contributed by atoms with van der Waals surface area (Å²) in [7, 11) is 1.73. The first-order chi connectivity index (χ1) is 8.30. The van der Waals surface area contributed by atoms with Crippen molar-refractivity contribution in [2.75, 3.05) is 26.7 Å². The van der Waals surface area contributed by atoms with Gasteiger partial charge in [0.15, 0.2) is 0 Å². The Hall–Kier alpha value is -0.900. The van der Waals surface area contributed by atoms with E-state index in [1.807, 2.05) is 0 Å². The maximum absolute atomic E-state index is 5.62. The summed E-state index contributed by atoms with van der Waals surface area (Å²) in [5.74, 6) is 0. The smallest absolute Gasteiger partial charge is 0.0705 e. The third-order valence-electron chi connectivity index (χ3n) is 3.06. The van der Waals surface area contributed by atoms with Crippen molar-refractivity contribution < 1.29 is 4.74 Å². The van der Waals surface area contributed by atoms with Gasteiger partial charge in [0.1, 0.15) is 0 Å². The van der Waals surface area contributed by atoms with Crippen LogP contribution < -0.4 is 5.73 Å². The van der Waals surface area contributed by atoms with Crippen LogP contribution in [0.1, 0.15) is 18.9 Å². The molecule has 0 saturated heterocycles. The number of hydrogen-bond donors (Lipinski definition) is 1. The molecular weight excluding hydrogens is 212 g/mol. The van der Waals surface area contributed by atoms with Crippen molar-refractivity contribution in [3.63, 3.8) is 0 Å². The maximum atomic E-state index is 5.62. The predicted octanol–water partition coefficient (Wildman–Crippen LogP) is 1.87. The molecule has 0 radical (unpaired) electrons. The van der Waals surface area contributed by atoms with E-state index in [1.54, 1.807) is 7.11 Å². The number of rotatable bonds is 8. The Kier molecular flexibility index (Phi) is 6.86. The molecule has 1 unspecified atom stereocenters. The van der Waals surface area contributed by atoms with Gasteiger partial charge in [-0.05, 0) is 18.5 Å². The van der Waals surface area contributed by atoms with Crippen LogP contribution in [-0.4, -0.2) is 37.7 Å². The fraction of sp³-hybridized carbons (Fsp3) is 0.571. The van der Waals surface area contributed by atoms with Gasteiger partial charge in [0.25, 0.3) is 0 Å². The van der Waals surface area contributed by atoms with Crippen molar-refractivity contribution >= 4 is 0 Å². The molecule has 1 aromatic rings. The van der Waals surface area contributed by atoms with E-state index in [0.717, 1.165) is 26.1 Å². The molecule has 1 atom stereocenters. The lowest BCUT2D eigenvalue weighted by molar-refractivity contribution is 0.0891. The summed E-state index contributed by atoms with van der Waals surface area (Å²) in [6.07, 6.45) is 1.17. The van der Waals surface area contributed by atoms with E-state index in [2.05, 4.69) is 42.2 Å². The molecule has 3 heteroatoms. The van der Waals surface area contributed by atoms with Crippen LogP contribution in [0, 0.1) is 0 Å². The van der Waals surface area contributed by atoms with Crippen LogP contribution in [0.15, 0.2) is 30.3 Å². The lowest BCUT2D eigenvalue weighted by Crippen LogP contribution is -2.30. The van der Waals surface area contributed by atoms with Crippen molar-refractivity contribution in [1.29, 1.82) is 0 Å². The van der Waals surface area contributed by atoms with Crippen molar-refractivity contribution in [2.45, 2.75) is 26.0 Å². The monoisotopic (exact) mass is 236 g/mol. The highest BCUT2D eigenvalue weighted by Crippen LogP contribution is 2.06. The van der Waals surface area contributed by atoms with Gasteiger partial charge in [-0.2, -0.15) is 0 Å². The Bertz CT molecular complexity index is 286. The first kappa shape index (κ1) is 14.2. The number of methoxy groups -OCH3 is 1. The zero-order chi connectivity index (χ0) is 12.5. The molecule has 2 N–H and O–H groups in total. The summed E-state index contributed by atoms with van der Waals surface area (Å²) in [6.45, 7) is 5.86. The largest absolute Gasteiger partial charge is 0.380 e. The summed E-state index contributed by atoms with van der Waals surface area (Å²) >= 11 is 0. The summed E-state index contributed by atoms with van der Waals surface area (Å²) in [6, 6.07) is 10.6. The minimum absolute atomic E-state index is 0.180. The minimum atomic E-state index is 0.180. The van der Waals surface area contributed by atoms with Crippen LogP contribution in [0.4, 0.5) is 0 Å². The van der Waals surface area contributed by atoms with Crippen molar-refractivity contribution in [3.05, 3.63) is 35.9 Å². The SMILES string of the molecule is CCN(CCC(CN)OC)Cc1ccccc1. The van der Waals surface area contributed by atoms with Gasteiger partial charge >= 0.3 is 0 Å². The molecule has 3 nitrogen and oxygen atoms in total. The Labute approximate surface area is 105 Å². The Balaban J connectivity index is 2.38. The molecule has 1 rings (SSSR count). The molecule has 0 aliphatic heterocycles. The van der Waals surface area contributed by atoms with E-state index in [-0.39, 0.29) is 6.10 Å². The van der Waals surface area contributed by atoms with E-state index in [0.29, 0.717) is 6.54 Å². The maximum Gasteiger partial charge on any atom is 0.0705 e. The highest BCUT2D eigenvalue weighted by atomic mass is 16.5. The molecule has 1 aromatic carbocycles. The lowest BCUT2D eigenvalue weighted by atomic mass is 10.2. The van der Waals surface area contributed by atoms with E-state index >= 15 is 0 Å². The number of hydrogen-bond acceptors (Lipinski definition) is 3. The summed E-state index contributed by atoms with van der Waals surface area (Å²) in [4.78, 5) is 2.41. The Morgan fingerprint density at radius 2 is 2.00 bits per heavy atom. The van der Waals surface area contributed by atoms with E-state index in [9.17, 15) is 0 Å². The van der Waals surface area contributed by atoms with Crippen LogP contribution in [0.5, 0.6) is 0 Å². The van der Waals surface area contributed by atoms with Crippen LogP contribution in [-0.2, 0) is 11.3 Å². The normalized spacial score (nSPS) is 12.9. The van der Waals surface area contributed by atoms with Crippen molar-refractivity contribution in [1.82, 2.24) is 4.90 Å². The first-order valence-corrected chi connectivity index (χ1v) is 6.29. The van der Waals surface area contributed by atoms with E-state index in [4.69, 9.17) is 10.5 Å². The summed E-state index contributed by atoms with van der Waals surface area (Å²) in [5.41, 5.74) is 6.98. The fourth-order valence-electron chi connectivity index (χ4n) is 1.85. The molecule has 0 heterocycles. The molecule has 0 bridgehead atoms. The van der Waals surface area contributed by atoms with Gasteiger partial charge in [0.2, 0.25) is 0 Å². The molecule has 0 amide bonds. The molecule has 0 saturated carbocycles. The number of nitrogens with two attached hydrogens (primary N) is 1. The van der Waals surface area contributed by atoms with Gasteiger partial charge < -0.3 is 10.5 Å². The van der Waals surface area contributed by atoms with Crippen LogP contribution >= 0.6 is 0 Å². The predicted molar refractivity (Wildman–Crippen MR) is 71.9 cm³/mol. The molecule has 96 valence electrons. The first-order valence-electron chi connectivity index (χ1n) is 6.29. The summed E-state index contributed by atoms with van der Waals surface area (Å²) < 4.78 is 5.29. The highest BCUT2D eigenvalue weighted by Gasteiger charge is 2.08. The summed E-state index contributed by atoms with van der Waals surface area (Å²) in [5, 5.41) is 0. The Morgan fingerprint density at radius 3 is 2.53 bits per heavy atom. The number of ether oxygens (including phenoxy) is 1. The molecule has 0 aliphatic rings. The van der Waals surface area contributed by atoms with Crippen molar-refractivity contribution in [2.24, 2.45) is 5.73 Å². The standard InChI is InChI=1S/C14H24N2O/c1-3-16(10-9-14(11-15)17-2)12-13-7-5-4-6-8-13/h4-8,14H,3,9-12,15H2,1-2H3. The Morgan fingerprint density at radius 1 is 1.29 bits per heavy atom. The second kappa shape index (κ2) is 8.23.